The average molecular weight is 612 g/mol. The van der Waals surface area contributed by atoms with E-state index in [1.54, 1.807) is 0 Å². The molecule has 43 heavy (non-hydrogen) atoms. The number of hydrogen-bond acceptors (Lipinski definition) is 4. The van der Waals surface area contributed by atoms with Gasteiger partial charge in [-0.15, -0.1) is 0 Å². The molecule has 0 saturated heterocycles. The number of hydrogen-bond donors (Lipinski definition) is 4. The zero-order valence-electron chi connectivity index (χ0n) is 29.1. The lowest BCUT2D eigenvalue weighted by Crippen LogP contribution is -2.49. The van der Waals surface area contributed by atoms with Crippen LogP contribution < -0.4 is 5.32 Å². The van der Waals surface area contributed by atoms with E-state index in [9.17, 15) is 20.1 Å². The van der Waals surface area contributed by atoms with Crippen molar-refractivity contribution in [3.8, 4) is 0 Å². The minimum atomic E-state index is -1.06. The van der Waals surface area contributed by atoms with Gasteiger partial charge in [-0.1, -0.05) is 200 Å². The maximum atomic E-state index is 12.3. The fraction of sp³-hybridized carbons (Fsp3) is 0.974. The Kier molecular flexibility index (Phi) is 33.7. The third kappa shape index (κ3) is 29.8. The SMILES string of the molecule is CCCCCCCCCCCCCCCCCCCCCCCC(O)C(CO)NC(=O)C(O)CCCCCCCCCC. The Labute approximate surface area is 268 Å². The molecule has 4 N–H and O–H groups in total. The predicted molar refractivity (Wildman–Crippen MR) is 186 cm³/mol. The summed E-state index contributed by atoms with van der Waals surface area (Å²) in [4.78, 5) is 12.3. The van der Waals surface area contributed by atoms with E-state index in [2.05, 4.69) is 19.2 Å². The molecule has 0 spiro atoms. The van der Waals surface area contributed by atoms with Gasteiger partial charge in [0.2, 0.25) is 5.91 Å². The molecule has 5 nitrogen and oxygen atoms in total. The van der Waals surface area contributed by atoms with Crippen molar-refractivity contribution in [3.63, 3.8) is 0 Å². The van der Waals surface area contributed by atoms with Gasteiger partial charge in [0.05, 0.1) is 18.8 Å². The van der Waals surface area contributed by atoms with E-state index in [1.165, 1.54) is 154 Å². The summed E-state index contributed by atoms with van der Waals surface area (Å²) < 4.78 is 0. The van der Waals surface area contributed by atoms with Crippen LogP contribution in [0.5, 0.6) is 0 Å². The number of aliphatic hydroxyl groups excluding tert-OH is 3. The number of carbonyl (C=O) groups is 1. The number of aliphatic hydroxyl groups is 3. The summed E-state index contributed by atoms with van der Waals surface area (Å²) in [6.45, 7) is 4.20. The van der Waals surface area contributed by atoms with Crippen LogP contribution in [0.4, 0.5) is 0 Å². The van der Waals surface area contributed by atoms with Gasteiger partial charge >= 0.3 is 0 Å². The number of rotatable bonds is 35. The van der Waals surface area contributed by atoms with Crippen molar-refractivity contribution in [1.29, 1.82) is 0 Å². The van der Waals surface area contributed by atoms with Crippen LogP contribution in [0.3, 0.4) is 0 Å². The van der Waals surface area contributed by atoms with E-state index < -0.39 is 24.2 Å². The Balaban J connectivity index is 3.55. The van der Waals surface area contributed by atoms with Crippen LogP contribution in [0.15, 0.2) is 0 Å². The van der Waals surface area contributed by atoms with Crippen LogP contribution in [-0.4, -0.2) is 46.1 Å². The summed E-state index contributed by atoms with van der Waals surface area (Å²) in [7, 11) is 0. The highest BCUT2D eigenvalue weighted by atomic mass is 16.3. The zero-order chi connectivity index (χ0) is 31.6. The second-order valence-corrected chi connectivity index (χ2v) is 13.5. The van der Waals surface area contributed by atoms with Crippen molar-refractivity contribution in [2.24, 2.45) is 0 Å². The number of carbonyl (C=O) groups excluding carboxylic acids is 1. The highest BCUT2D eigenvalue weighted by Gasteiger charge is 2.23. The largest absolute Gasteiger partial charge is 0.394 e. The maximum Gasteiger partial charge on any atom is 0.249 e. The molecular formula is C38H77NO4. The first-order valence-corrected chi connectivity index (χ1v) is 19.3. The monoisotopic (exact) mass is 612 g/mol. The normalized spacial score (nSPS) is 13.7. The number of nitrogens with one attached hydrogen (secondary N) is 1. The summed E-state index contributed by atoms with van der Waals surface area (Å²) in [5, 5.41) is 33.0. The van der Waals surface area contributed by atoms with Gasteiger partial charge in [-0.25, -0.2) is 0 Å². The fourth-order valence-electron chi connectivity index (χ4n) is 6.13. The number of amides is 1. The standard InChI is InChI=1S/C38H77NO4/c1-3-5-7-9-11-13-14-15-16-17-18-19-20-21-22-23-24-25-27-28-30-32-36(41)35(34-40)39-38(43)37(42)33-31-29-26-12-10-8-6-4-2/h35-37,40-42H,3-34H2,1-2H3,(H,39,43). The van der Waals surface area contributed by atoms with Crippen molar-refractivity contribution in [3.05, 3.63) is 0 Å². The minimum absolute atomic E-state index is 0.309. The molecule has 0 heterocycles. The molecule has 0 saturated carbocycles. The third-order valence-corrected chi connectivity index (χ3v) is 9.23. The average Bonchev–Trinajstić information content (AvgIpc) is 3.01. The van der Waals surface area contributed by atoms with E-state index >= 15 is 0 Å². The summed E-state index contributed by atoms with van der Waals surface area (Å²) >= 11 is 0. The zero-order valence-corrected chi connectivity index (χ0v) is 29.1. The highest BCUT2D eigenvalue weighted by molar-refractivity contribution is 5.80. The van der Waals surface area contributed by atoms with Crippen molar-refractivity contribution in [2.45, 2.75) is 231 Å². The Morgan fingerprint density at radius 3 is 1.05 bits per heavy atom. The molecule has 0 rings (SSSR count). The quantitative estimate of drug-likeness (QED) is 0.0537. The highest BCUT2D eigenvalue weighted by Crippen LogP contribution is 2.16. The molecule has 258 valence electrons. The van der Waals surface area contributed by atoms with Gasteiger partial charge < -0.3 is 20.6 Å². The molecule has 0 fully saturated rings. The lowest BCUT2D eigenvalue weighted by atomic mass is 10.0. The molecule has 0 aromatic rings. The first kappa shape index (κ1) is 42.3. The Morgan fingerprint density at radius 2 is 0.744 bits per heavy atom. The number of unbranched alkanes of at least 4 members (excludes halogenated alkanes) is 27. The first-order chi connectivity index (χ1) is 21.1. The fourth-order valence-corrected chi connectivity index (χ4v) is 6.13. The van der Waals surface area contributed by atoms with Crippen molar-refractivity contribution in [2.75, 3.05) is 6.61 Å². The molecule has 0 aliphatic carbocycles. The topological polar surface area (TPSA) is 89.8 Å². The summed E-state index contributed by atoms with van der Waals surface area (Å²) in [6.07, 6.45) is 36.8. The van der Waals surface area contributed by atoms with Crippen molar-refractivity contribution >= 4 is 5.91 Å². The second kappa shape index (κ2) is 34.2. The van der Waals surface area contributed by atoms with Crippen LogP contribution in [0.1, 0.15) is 213 Å². The lowest BCUT2D eigenvalue weighted by molar-refractivity contribution is -0.131. The molecule has 0 aromatic heterocycles. The molecule has 0 bridgehead atoms. The Bertz CT molecular complexity index is 558. The Hall–Kier alpha value is -0.650. The Morgan fingerprint density at radius 1 is 0.465 bits per heavy atom. The van der Waals surface area contributed by atoms with Crippen molar-refractivity contribution < 1.29 is 20.1 Å². The van der Waals surface area contributed by atoms with Gasteiger partial charge in [-0.3, -0.25) is 4.79 Å². The van der Waals surface area contributed by atoms with Crippen LogP contribution >= 0.6 is 0 Å². The van der Waals surface area contributed by atoms with Gasteiger partial charge in [-0.2, -0.15) is 0 Å². The lowest BCUT2D eigenvalue weighted by Gasteiger charge is -2.23. The maximum absolute atomic E-state index is 12.3. The van der Waals surface area contributed by atoms with Crippen LogP contribution in [0.25, 0.3) is 0 Å². The van der Waals surface area contributed by atoms with Crippen molar-refractivity contribution in [1.82, 2.24) is 5.32 Å². The van der Waals surface area contributed by atoms with E-state index in [1.807, 2.05) is 0 Å². The van der Waals surface area contributed by atoms with Crippen LogP contribution in [0.2, 0.25) is 0 Å². The summed E-state index contributed by atoms with van der Waals surface area (Å²) in [5.41, 5.74) is 0. The van der Waals surface area contributed by atoms with Gasteiger partial charge in [0.25, 0.3) is 0 Å². The van der Waals surface area contributed by atoms with Crippen LogP contribution in [-0.2, 0) is 4.79 Å². The molecule has 1 amide bonds. The molecule has 3 atom stereocenters. The van der Waals surface area contributed by atoms with Gasteiger partial charge in [0.1, 0.15) is 6.10 Å². The molecule has 0 radical (unpaired) electrons. The molecule has 0 aliphatic heterocycles. The summed E-state index contributed by atoms with van der Waals surface area (Å²) in [6, 6.07) is -0.703. The van der Waals surface area contributed by atoms with E-state index in [0.717, 1.165) is 32.1 Å². The van der Waals surface area contributed by atoms with E-state index in [4.69, 9.17) is 0 Å². The van der Waals surface area contributed by atoms with Gasteiger partial charge in [-0.05, 0) is 12.8 Å². The molecule has 0 aromatic carbocycles. The third-order valence-electron chi connectivity index (χ3n) is 9.23. The van der Waals surface area contributed by atoms with Crippen LogP contribution in [0, 0.1) is 0 Å². The molecular weight excluding hydrogens is 534 g/mol. The molecule has 0 aliphatic rings. The predicted octanol–water partition coefficient (Wildman–Crippen LogP) is 10.3. The molecule has 3 unspecified atom stereocenters. The second-order valence-electron chi connectivity index (χ2n) is 13.5. The van der Waals surface area contributed by atoms with E-state index in [0.29, 0.717) is 12.8 Å². The van der Waals surface area contributed by atoms with E-state index in [-0.39, 0.29) is 6.61 Å². The first-order valence-electron chi connectivity index (χ1n) is 19.3. The van der Waals surface area contributed by atoms with Gasteiger partial charge in [0.15, 0.2) is 0 Å². The summed E-state index contributed by atoms with van der Waals surface area (Å²) in [5.74, 6) is -0.472. The smallest absolute Gasteiger partial charge is 0.249 e. The minimum Gasteiger partial charge on any atom is -0.394 e. The van der Waals surface area contributed by atoms with Gasteiger partial charge in [0, 0.05) is 0 Å². The molecule has 5 heteroatoms.